The summed E-state index contributed by atoms with van der Waals surface area (Å²) in [5.74, 6) is 0. The summed E-state index contributed by atoms with van der Waals surface area (Å²) in [5.41, 5.74) is 12.5. The van der Waals surface area contributed by atoms with Crippen molar-refractivity contribution in [3.8, 4) is 0 Å². The number of nitrogens with one attached hydrogen (secondary N) is 1. The van der Waals surface area contributed by atoms with Crippen LogP contribution in [0.15, 0.2) is 47.3 Å². The number of hydrogen-bond donors (Lipinski definition) is 2. The van der Waals surface area contributed by atoms with Crippen molar-refractivity contribution in [3.63, 3.8) is 0 Å². The summed E-state index contributed by atoms with van der Waals surface area (Å²) in [4.78, 5) is 7.08. The van der Waals surface area contributed by atoms with Gasteiger partial charge in [-0.3, -0.25) is 9.88 Å². The van der Waals surface area contributed by atoms with E-state index in [1.807, 2.05) is 12.1 Å². The van der Waals surface area contributed by atoms with Gasteiger partial charge < -0.3 is 11.1 Å². The van der Waals surface area contributed by atoms with Gasteiger partial charge in [-0.2, -0.15) is 0 Å². The van der Waals surface area contributed by atoms with Gasteiger partial charge in [-0.05, 0) is 51.9 Å². The van der Waals surface area contributed by atoms with E-state index in [-0.39, 0.29) is 0 Å². The minimum Gasteiger partial charge on any atom is -0.397 e. The van der Waals surface area contributed by atoms with Crippen LogP contribution in [-0.4, -0.2) is 36.1 Å². The number of hydrogen-bond acceptors (Lipinski definition) is 4. The molecule has 3 rings (SSSR count). The van der Waals surface area contributed by atoms with E-state index < -0.39 is 0 Å². The Bertz CT molecular complexity index is 661. The molecule has 0 aliphatic carbocycles. The van der Waals surface area contributed by atoms with Crippen LogP contribution in [-0.2, 0) is 0 Å². The summed E-state index contributed by atoms with van der Waals surface area (Å²) < 4.78 is 0. The Labute approximate surface area is 145 Å². The van der Waals surface area contributed by atoms with E-state index in [0.29, 0.717) is 5.69 Å². The zero-order valence-electron chi connectivity index (χ0n) is 14.8. The Morgan fingerprint density at radius 3 is 2.79 bits per heavy atom. The third-order valence-corrected chi connectivity index (χ3v) is 4.74. The zero-order valence-corrected chi connectivity index (χ0v) is 14.8. The molecule has 128 valence electrons. The number of likely N-dealkylation sites (tertiary alicyclic amines) is 1. The van der Waals surface area contributed by atoms with Gasteiger partial charge in [0.25, 0.3) is 0 Å². The van der Waals surface area contributed by atoms with Crippen molar-refractivity contribution in [1.82, 2.24) is 15.2 Å². The number of nitrogen functional groups attached to an aromatic ring is 1. The monoisotopic (exact) mass is 324 g/mol. The molecule has 4 nitrogen and oxygen atoms in total. The quantitative estimate of drug-likeness (QED) is 0.892. The largest absolute Gasteiger partial charge is 0.397 e. The fourth-order valence-electron chi connectivity index (χ4n) is 3.47. The fraction of sp³-hybridized carbons (Fsp3) is 0.450. The minimum absolute atomic E-state index is 0.701. The Hall–Kier alpha value is -2.07. The fourth-order valence-corrected chi connectivity index (χ4v) is 3.47. The maximum atomic E-state index is 5.78. The molecule has 3 heterocycles. The van der Waals surface area contributed by atoms with Crippen LogP contribution in [0.1, 0.15) is 38.8 Å². The Morgan fingerprint density at radius 1 is 1.29 bits per heavy atom. The SMILES string of the molecule is CC1=C(/C=C(\C)CN2CCCCC2)C(c2ccc(N)cn2)=CCN1. The lowest BCUT2D eigenvalue weighted by atomic mass is 9.95. The van der Waals surface area contributed by atoms with Crippen LogP contribution in [0.3, 0.4) is 0 Å². The summed E-state index contributed by atoms with van der Waals surface area (Å²) in [6, 6.07) is 3.93. The second-order valence-electron chi connectivity index (χ2n) is 6.84. The molecule has 24 heavy (non-hydrogen) atoms. The van der Waals surface area contributed by atoms with E-state index in [1.165, 1.54) is 54.8 Å². The predicted molar refractivity (Wildman–Crippen MR) is 101 cm³/mol. The van der Waals surface area contributed by atoms with E-state index >= 15 is 0 Å². The Balaban J connectivity index is 1.81. The molecule has 2 aliphatic heterocycles. The smallest absolute Gasteiger partial charge is 0.0707 e. The average Bonchev–Trinajstić information content (AvgIpc) is 2.58. The maximum Gasteiger partial charge on any atom is 0.0707 e. The number of pyridine rings is 1. The number of nitrogens with zero attached hydrogens (tertiary/aromatic N) is 2. The predicted octanol–water partition coefficient (Wildman–Crippen LogP) is 3.36. The summed E-state index contributed by atoms with van der Waals surface area (Å²) in [6.45, 7) is 8.73. The molecule has 1 aromatic heterocycles. The van der Waals surface area contributed by atoms with Crippen molar-refractivity contribution in [2.24, 2.45) is 0 Å². The Morgan fingerprint density at radius 2 is 2.08 bits per heavy atom. The van der Waals surface area contributed by atoms with E-state index in [0.717, 1.165) is 18.8 Å². The molecule has 0 radical (unpaired) electrons. The molecule has 1 saturated heterocycles. The van der Waals surface area contributed by atoms with Crippen molar-refractivity contribution >= 4 is 11.3 Å². The van der Waals surface area contributed by atoms with Crippen molar-refractivity contribution in [2.75, 3.05) is 31.9 Å². The third-order valence-electron chi connectivity index (χ3n) is 4.74. The lowest BCUT2D eigenvalue weighted by Gasteiger charge is -2.27. The second-order valence-corrected chi connectivity index (χ2v) is 6.84. The van der Waals surface area contributed by atoms with Gasteiger partial charge in [0.2, 0.25) is 0 Å². The molecule has 0 saturated carbocycles. The number of piperidine rings is 1. The molecule has 0 spiro atoms. The van der Waals surface area contributed by atoms with Crippen LogP contribution in [0.25, 0.3) is 5.57 Å². The normalized spacial score (nSPS) is 19.9. The van der Waals surface area contributed by atoms with Crippen LogP contribution in [0.5, 0.6) is 0 Å². The number of rotatable bonds is 4. The number of anilines is 1. The molecule has 0 amide bonds. The van der Waals surface area contributed by atoms with Crippen LogP contribution in [0.4, 0.5) is 5.69 Å². The van der Waals surface area contributed by atoms with Gasteiger partial charge in [-0.25, -0.2) is 0 Å². The highest BCUT2D eigenvalue weighted by Gasteiger charge is 2.16. The molecule has 0 aromatic carbocycles. The van der Waals surface area contributed by atoms with E-state index in [1.54, 1.807) is 6.20 Å². The molecule has 2 aliphatic rings. The van der Waals surface area contributed by atoms with Crippen LogP contribution in [0, 0.1) is 0 Å². The van der Waals surface area contributed by atoms with Crippen LogP contribution < -0.4 is 11.1 Å². The zero-order chi connectivity index (χ0) is 16.9. The summed E-state index contributed by atoms with van der Waals surface area (Å²) in [7, 11) is 0. The van der Waals surface area contributed by atoms with Crippen LogP contribution >= 0.6 is 0 Å². The molecule has 1 fully saturated rings. The highest BCUT2D eigenvalue weighted by Crippen LogP contribution is 2.28. The van der Waals surface area contributed by atoms with Gasteiger partial charge in [0.1, 0.15) is 0 Å². The van der Waals surface area contributed by atoms with Crippen LogP contribution in [0.2, 0.25) is 0 Å². The van der Waals surface area contributed by atoms with Crippen molar-refractivity contribution in [1.29, 1.82) is 0 Å². The summed E-state index contributed by atoms with van der Waals surface area (Å²) >= 11 is 0. The Kier molecular flexibility index (Phi) is 5.36. The maximum absolute atomic E-state index is 5.78. The summed E-state index contributed by atoms with van der Waals surface area (Å²) in [6.07, 6.45) is 10.3. The van der Waals surface area contributed by atoms with Gasteiger partial charge >= 0.3 is 0 Å². The van der Waals surface area contributed by atoms with E-state index in [4.69, 9.17) is 5.73 Å². The first-order chi connectivity index (χ1) is 11.6. The van der Waals surface area contributed by atoms with Crippen molar-refractivity contribution in [3.05, 3.63) is 53.0 Å². The molecule has 0 atom stereocenters. The first-order valence-corrected chi connectivity index (χ1v) is 8.90. The summed E-state index contributed by atoms with van der Waals surface area (Å²) in [5, 5.41) is 3.44. The third kappa shape index (κ3) is 4.06. The molecule has 0 unspecified atom stereocenters. The molecular formula is C20H28N4. The van der Waals surface area contributed by atoms with E-state index in [2.05, 4.69) is 41.2 Å². The highest BCUT2D eigenvalue weighted by atomic mass is 15.1. The lowest BCUT2D eigenvalue weighted by molar-refractivity contribution is 0.246. The molecule has 4 heteroatoms. The average molecular weight is 324 g/mol. The number of dihydropyridines is 1. The second kappa shape index (κ2) is 7.67. The van der Waals surface area contributed by atoms with Gasteiger partial charge in [-0.15, -0.1) is 0 Å². The van der Waals surface area contributed by atoms with Crippen molar-refractivity contribution < 1.29 is 0 Å². The highest BCUT2D eigenvalue weighted by molar-refractivity contribution is 5.82. The molecular weight excluding hydrogens is 296 g/mol. The van der Waals surface area contributed by atoms with E-state index in [9.17, 15) is 0 Å². The number of allylic oxidation sites excluding steroid dienone is 4. The lowest BCUT2D eigenvalue weighted by Crippen LogP contribution is -2.31. The molecule has 1 aromatic rings. The number of nitrogens with two attached hydrogens (primary N) is 1. The van der Waals surface area contributed by atoms with Gasteiger partial charge in [0.05, 0.1) is 17.6 Å². The minimum atomic E-state index is 0.701. The van der Waals surface area contributed by atoms with Crippen molar-refractivity contribution in [2.45, 2.75) is 33.1 Å². The first kappa shape index (κ1) is 16.8. The van der Waals surface area contributed by atoms with Gasteiger partial charge in [-0.1, -0.05) is 24.1 Å². The molecule has 0 bridgehead atoms. The standard InChI is InChI=1S/C20H28N4/c1-15(14-24-10-4-3-5-11-24)12-19-16(2)22-9-8-18(19)20-7-6-17(21)13-23-20/h6-8,12-13,22H,3-5,9-11,14,21H2,1-2H3/b15-12+. The van der Waals surface area contributed by atoms with Gasteiger partial charge in [0, 0.05) is 29.9 Å². The topological polar surface area (TPSA) is 54.2 Å². The number of aromatic nitrogens is 1. The van der Waals surface area contributed by atoms with Gasteiger partial charge in [0.15, 0.2) is 0 Å². The first-order valence-electron chi connectivity index (χ1n) is 8.90. The molecule has 3 N–H and O–H groups in total.